The normalized spacial score (nSPS) is 10.5. The summed E-state index contributed by atoms with van der Waals surface area (Å²) in [7, 11) is 1.95. The number of rotatable bonds is 4. The highest BCUT2D eigenvalue weighted by atomic mass is 32.1. The Bertz CT molecular complexity index is 593. The summed E-state index contributed by atoms with van der Waals surface area (Å²) in [5.74, 6) is 1.67. The molecule has 0 radical (unpaired) electrons. The van der Waals surface area contributed by atoms with E-state index in [1.807, 2.05) is 44.0 Å². The molecule has 0 bridgehead atoms. The van der Waals surface area contributed by atoms with Crippen molar-refractivity contribution in [2.24, 2.45) is 5.73 Å². The molecule has 0 atom stereocenters. The molecule has 0 aliphatic heterocycles. The Kier molecular flexibility index (Phi) is 3.85. The van der Waals surface area contributed by atoms with Crippen LogP contribution in [0.15, 0.2) is 28.9 Å². The van der Waals surface area contributed by atoms with Gasteiger partial charge in [0.25, 0.3) is 0 Å². The van der Waals surface area contributed by atoms with Crippen molar-refractivity contribution in [3.05, 3.63) is 47.0 Å². The molecule has 0 fully saturated rings. The summed E-state index contributed by atoms with van der Waals surface area (Å²) >= 11 is 5.14. The van der Waals surface area contributed by atoms with Gasteiger partial charge in [0.2, 0.25) is 0 Å². The fourth-order valence-electron chi connectivity index (χ4n) is 2.11. The van der Waals surface area contributed by atoms with Gasteiger partial charge in [-0.2, -0.15) is 0 Å². The van der Waals surface area contributed by atoms with Crippen molar-refractivity contribution >= 4 is 23.0 Å². The van der Waals surface area contributed by atoms with E-state index in [9.17, 15) is 0 Å². The Morgan fingerprint density at radius 3 is 2.79 bits per heavy atom. The van der Waals surface area contributed by atoms with Crippen LogP contribution in [-0.4, -0.2) is 17.0 Å². The first kappa shape index (κ1) is 13.5. The molecule has 0 aliphatic rings. The minimum absolute atomic E-state index is 0.367. The largest absolute Gasteiger partial charge is 0.467 e. The van der Waals surface area contributed by atoms with E-state index in [1.165, 1.54) is 0 Å². The SMILES string of the molecule is Cc1cc(C)c(C(N)=S)c(N(C)Cc2ccco2)n1. The molecule has 0 unspecified atom stereocenters. The van der Waals surface area contributed by atoms with E-state index in [0.717, 1.165) is 28.4 Å². The summed E-state index contributed by atoms with van der Waals surface area (Å²) < 4.78 is 5.35. The maximum absolute atomic E-state index is 5.82. The highest BCUT2D eigenvalue weighted by molar-refractivity contribution is 7.80. The van der Waals surface area contributed by atoms with Crippen LogP contribution in [0.1, 0.15) is 22.6 Å². The van der Waals surface area contributed by atoms with Crippen molar-refractivity contribution in [1.29, 1.82) is 0 Å². The van der Waals surface area contributed by atoms with Gasteiger partial charge >= 0.3 is 0 Å². The molecule has 5 heteroatoms. The van der Waals surface area contributed by atoms with Crippen LogP contribution in [0.3, 0.4) is 0 Å². The van der Waals surface area contributed by atoms with Crippen LogP contribution in [0.5, 0.6) is 0 Å². The highest BCUT2D eigenvalue weighted by Crippen LogP contribution is 2.23. The van der Waals surface area contributed by atoms with Gasteiger partial charge < -0.3 is 15.1 Å². The molecule has 0 aliphatic carbocycles. The minimum Gasteiger partial charge on any atom is -0.467 e. The Balaban J connectivity index is 2.40. The van der Waals surface area contributed by atoms with Crippen molar-refractivity contribution in [2.75, 3.05) is 11.9 Å². The Hall–Kier alpha value is -1.88. The fraction of sp³-hybridized carbons (Fsp3) is 0.286. The maximum Gasteiger partial charge on any atom is 0.139 e. The summed E-state index contributed by atoms with van der Waals surface area (Å²) in [6.07, 6.45) is 1.66. The predicted octanol–water partition coefficient (Wildman–Crippen LogP) is 2.56. The van der Waals surface area contributed by atoms with Gasteiger partial charge in [0.1, 0.15) is 16.6 Å². The zero-order valence-electron chi connectivity index (χ0n) is 11.3. The lowest BCUT2D eigenvalue weighted by atomic mass is 10.1. The lowest BCUT2D eigenvalue weighted by Gasteiger charge is -2.21. The smallest absolute Gasteiger partial charge is 0.139 e. The number of hydrogen-bond donors (Lipinski definition) is 1. The Morgan fingerprint density at radius 1 is 1.47 bits per heavy atom. The van der Waals surface area contributed by atoms with E-state index >= 15 is 0 Å². The van der Waals surface area contributed by atoms with E-state index in [0.29, 0.717) is 11.5 Å². The van der Waals surface area contributed by atoms with Crippen LogP contribution in [0.2, 0.25) is 0 Å². The minimum atomic E-state index is 0.367. The number of pyridine rings is 1. The van der Waals surface area contributed by atoms with Crippen LogP contribution in [-0.2, 0) is 6.54 Å². The maximum atomic E-state index is 5.82. The van der Waals surface area contributed by atoms with Gasteiger partial charge in [-0.25, -0.2) is 4.98 Å². The Morgan fingerprint density at radius 2 is 2.21 bits per heavy atom. The number of nitrogens with zero attached hydrogens (tertiary/aromatic N) is 2. The van der Waals surface area contributed by atoms with Gasteiger partial charge in [-0.05, 0) is 37.6 Å². The van der Waals surface area contributed by atoms with Gasteiger partial charge in [-0.1, -0.05) is 12.2 Å². The Labute approximate surface area is 118 Å². The summed E-state index contributed by atoms with van der Waals surface area (Å²) in [6.45, 7) is 4.58. The third kappa shape index (κ3) is 2.93. The van der Waals surface area contributed by atoms with Crippen LogP contribution < -0.4 is 10.6 Å². The van der Waals surface area contributed by atoms with E-state index in [2.05, 4.69) is 4.98 Å². The molecular formula is C14H17N3OS. The van der Waals surface area contributed by atoms with Gasteiger partial charge in [0, 0.05) is 12.7 Å². The molecule has 19 heavy (non-hydrogen) atoms. The number of furan rings is 1. The number of aryl methyl sites for hydroxylation is 2. The van der Waals surface area contributed by atoms with Crippen LogP contribution in [0.25, 0.3) is 0 Å². The van der Waals surface area contributed by atoms with Crippen molar-refractivity contribution in [1.82, 2.24) is 4.98 Å². The molecule has 0 spiro atoms. The number of aromatic nitrogens is 1. The van der Waals surface area contributed by atoms with Gasteiger partial charge in [0.05, 0.1) is 18.4 Å². The molecule has 0 aromatic carbocycles. The molecule has 2 rings (SSSR count). The first-order chi connectivity index (χ1) is 8.99. The lowest BCUT2D eigenvalue weighted by molar-refractivity contribution is 0.507. The van der Waals surface area contributed by atoms with Gasteiger partial charge in [-0.3, -0.25) is 0 Å². The number of anilines is 1. The average molecular weight is 275 g/mol. The second-order valence-electron chi connectivity index (χ2n) is 4.58. The highest BCUT2D eigenvalue weighted by Gasteiger charge is 2.16. The molecule has 2 N–H and O–H groups in total. The molecule has 2 aromatic rings. The van der Waals surface area contributed by atoms with Crippen LogP contribution in [0.4, 0.5) is 5.82 Å². The van der Waals surface area contributed by atoms with Gasteiger partial charge in [0.15, 0.2) is 0 Å². The zero-order chi connectivity index (χ0) is 14.0. The lowest BCUT2D eigenvalue weighted by Crippen LogP contribution is -2.24. The summed E-state index contributed by atoms with van der Waals surface area (Å²) in [5.41, 5.74) is 8.63. The molecule has 2 aromatic heterocycles. The van der Waals surface area contributed by atoms with Crippen molar-refractivity contribution in [2.45, 2.75) is 20.4 Å². The van der Waals surface area contributed by atoms with Crippen molar-refractivity contribution in [3.8, 4) is 0 Å². The standard InChI is InChI=1S/C14H17N3OS/c1-9-7-10(2)16-14(12(9)13(15)19)17(3)8-11-5-4-6-18-11/h4-7H,8H2,1-3H3,(H2,15,19). The quantitative estimate of drug-likeness (QED) is 0.869. The summed E-state index contributed by atoms with van der Waals surface area (Å²) in [5, 5.41) is 0. The summed E-state index contributed by atoms with van der Waals surface area (Å²) in [6, 6.07) is 5.78. The average Bonchev–Trinajstić information content (AvgIpc) is 2.79. The molecule has 4 nitrogen and oxygen atoms in total. The fourth-order valence-corrected chi connectivity index (χ4v) is 2.36. The molecular weight excluding hydrogens is 258 g/mol. The topological polar surface area (TPSA) is 55.3 Å². The second-order valence-corrected chi connectivity index (χ2v) is 5.02. The molecule has 0 saturated heterocycles. The third-order valence-electron chi connectivity index (χ3n) is 2.91. The third-order valence-corrected chi connectivity index (χ3v) is 3.11. The zero-order valence-corrected chi connectivity index (χ0v) is 12.1. The van der Waals surface area contributed by atoms with Crippen LogP contribution >= 0.6 is 12.2 Å². The number of hydrogen-bond acceptors (Lipinski definition) is 4. The van der Waals surface area contributed by atoms with Crippen molar-refractivity contribution in [3.63, 3.8) is 0 Å². The van der Waals surface area contributed by atoms with E-state index in [-0.39, 0.29) is 0 Å². The van der Waals surface area contributed by atoms with Crippen LogP contribution in [0, 0.1) is 13.8 Å². The van der Waals surface area contributed by atoms with E-state index in [4.69, 9.17) is 22.4 Å². The monoisotopic (exact) mass is 275 g/mol. The number of thiocarbonyl (C=S) groups is 1. The van der Waals surface area contributed by atoms with Gasteiger partial charge in [-0.15, -0.1) is 0 Å². The predicted molar refractivity (Wildman–Crippen MR) is 80.4 cm³/mol. The van der Waals surface area contributed by atoms with E-state index < -0.39 is 0 Å². The first-order valence-electron chi connectivity index (χ1n) is 6.00. The van der Waals surface area contributed by atoms with E-state index in [1.54, 1.807) is 6.26 Å². The molecule has 100 valence electrons. The molecule has 0 saturated carbocycles. The number of nitrogens with two attached hydrogens (primary N) is 1. The molecule has 2 heterocycles. The second kappa shape index (κ2) is 5.40. The van der Waals surface area contributed by atoms with Crippen molar-refractivity contribution < 1.29 is 4.42 Å². The summed E-state index contributed by atoms with van der Waals surface area (Å²) in [4.78, 5) is 6.91. The molecule has 0 amide bonds. The first-order valence-corrected chi connectivity index (χ1v) is 6.41.